The molecule has 0 bridgehead atoms. The van der Waals surface area contributed by atoms with Crippen LogP contribution in [0.1, 0.15) is 19.6 Å². The quantitative estimate of drug-likeness (QED) is 0.366. The lowest BCUT2D eigenvalue weighted by molar-refractivity contribution is -0.402. The molecule has 0 spiro atoms. The summed E-state index contributed by atoms with van der Waals surface area (Å²) in [6.45, 7) is 3.88. The molecular formula is C9H12N4O3S. The minimum atomic E-state index is -0.615. The van der Waals surface area contributed by atoms with Gasteiger partial charge in [-0.25, -0.2) is 0 Å². The second kappa shape index (κ2) is 5.94. The molecule has 1 aromatic heterocycles. The summed E-state index contributed by atoms with van der Waals surface area (Å²) in [5, 5.41) is 17.4. The number of rotatable bonds is 4. The summed E-state index contributed by atoms with van der Waals surface area (Å²) >= 11 is 4.92. The second-order valence-electron chi connectivity index (χ2n) is 3.43. The molecule has 0 saturated heterocycles. The molecule has 0 aliphatic heterocycles. The molecule has 0 aliphatic rings. The zero-order valence-corrected chi connectivity index (χ0v) is 10.2. The molecule has 0 radical (unpaired) electrons. The first-order valence-electron chi connectivity index (χ1n) is 4.83. The van der Waals surface area contributed by atoms with Gasteiger partial charge in [0.2, 0.25) is 0 Å². The van der Waals surface area contributed by atoms with E-state index in [-0.39, 0.29) is 17.7 Å². The average Bonchev–Trinajstić information content (AvgIpc) is 2.65. The number of nitrogens with one attached hydrogen (secondary N) is 2. The Morgan fingerprint density at radius 1 is 1.65 bits per heavy atom. The molecule has 1 heterocycles. The van der Waals surface area contributed by atoms with E-state index < -0.39 is 4.92 Å². The van der Waals surface area contributed by atoms with E-state index in [4.69, 9.17) is 16.6 Å². The summed E-state index contributed by atoms with van der Waals surface area (Å²) in [5.41, 5.74) is 2.56. The van der Waals surface area contributed by atoms with Crippen LogP contribution in [0.2, 0.25) is 0 Å². The van der Waals surface area contributed by atoms with Gasteiger partial charge in [-0.2, -0.15) is 5.10 Å². The van der Waals surface area contributed by atoms with Gasteiger partial charge in [0.15, 0.2) is 10.9 Å². The fourth-order valence-electron chi connectivity index (χ4n) is 0.959. The second-order valence-corrected chi connectivity index (χ2v) is 3.84. The maximum atomic E-state index is 10.3. The van der Waals surface area contributed by atoms with Crippen molar-refractivity contribution in [3.8, 4) is 0 Å². The van der Waals surface area contributed by atoms with Crippen molar-refractivity contribution in [2.24, 2.45) is 5.10 Å². The fraction of sp³-hybridized carbons (Fsp3) is 0.333. The van der Waals surface area contributed by atoms with Gasteiger partial charge in [0.05, 0.1) is 12.3 Å². The largest absolute Gasteiger partial charge is 0.433 e. The van der Waals surface area contributed by atoms with Crippen molar-refractivity contribution >= 4 is 29.4 Å². The number of furan rings is 1. The monoisotopic (exact) mass is 256 g/mol. The summed E-state index contributed by atoms with van der Waals surface area (Å²) in [6, 6.07) is 2.91. The standard InChI is InChI=1S/C9H12N4O3S/c1-6(2)11-9(17)12-10-5-7-3-4-8(16-7)13(14)15/h3-6H,1-2H3,(H2,11,12,17). The highest BCUT2D eigenvalue weighted by Crippen LogP contribution is 2.13. The Labute approximate surface area is 103 Å². The van der Waals surface area contributed by atoms with Gasteiger partial charge in [-0.3, -0.25) is 15.5 Å². The molecule has 1 rings (SSSR count). The Hall–Kier alpha value is -1.96. The number of thiocarbonyl (C=S) groups is 1. The molecule has 0 atom stereocenters. The van der Waals surface area contributed by atoms with Crippen molar-refractivity contribution in [2.45, 2.75) is 19.9 Å². The van der Waals surface area contributed by atoms with E-state index >= 15 is 0 Å². The molecule has 2 N–H and O–H groups in total. The highest BCUT2D eigenvalue weighted by atomic mass is 32.1. The minimum Gasteiger partial charge on any atom is -0.400 e. The van der Waals surface area contributed by atoms with Crippen molar-refractivity contribution in [2.75, 3.05) is 0 Å². The molecule has 0 aromatic carbocycles. The predicted octanol–water partition coefficient (Wildman–Crippen LogP) is 1.39. The van der Waals surface area contributed by atoms with Gasteiger partial charge in [-0.1, -0.05) is 0 Å². The van der Waals surface area contributed by atoms with Gasteiger partial charge < -0.3 is 9.73 Å². The Morgan fingerprint density at radius 2 is 2.35 bits per heavy atom. The smallest absolute Gasteiger partial charge is 0.400 e. The fourth-order valence-corrected chi connectivity index (χ4v) is 1.25. The van der Waals surface area contributed by atoms with E-state index in [2.05, 4.69) is 15.8 Å². The normalized spacial score (nSPS) is 10.8. The molecule has 0 amide bonds. The molecular weight excluding hydrogens is 244 g/mol. The van der Waals surface area contributed by atoms with E-state index in [1.165, 1.54) is 18.3 Å². The Balaban J connectivity index is 2.48. The van der Waals surface area contributed by atoms with Gasteiger partial charge in [-0.15, -0.1) is 0 Å². The SMILES string of the molecule is CC(C)NC(=S)NN=Cc1ccc([N+](=O)[O-])o1. The van der Waals surface area contributed by atoms with Crippen LogP contribution in [-0.2, 0) is 0 Å². The summed E-state index contributed by atoms with van der Waals surface area (Å²) in [5.74, 6) is -0.0501. The van der Waals surface area contributed by atoms with Gasteiger partial charge in [0.1, 0.15) is 4.92 Å². The first-order chi connectivity index (χ1) is 7.99. The Bertz CT molecular complexity index is 441. The van der Waals surface area contributed by atoms with Crippen LogP contribution in [0.25, 0.3) is 0 Å². The molecule has 7 nitrogen and oxygen atoms in total. The van der Waals surface area contributed by atoms with Crippen LogP contribution >= 0.6 is 12.2 Å². The predicted molar refractivity (Wildman–Crippen MR) is 67.0 cm³/mol. The maximum Gasteiger partial charge on any atom is 0.433 e. The lowest BCUT2D eigenvalue weighted by atomic mass is 10.4. The first-order valence-corrected chi connectivity index (χ1v) is 5.23. The molecule has 0 unspecified atom stereocenters. The number of nitro groups is 1. The molecule has 8 heteroatoms. The van der Waals surface area contributed by atoms with Gasteiger partial charge in [-0.05, 0) is 32.1 Å². The zero-order chi connectivity index (χ0) is 12.8. The van der Waals surface area contributed by atoms with Gasteiger partial charge in [0.25, 0.3) is 0 Å². The van der Waals surface area contributed by atoms with Crippen molar-refractivity contribution in [1.82, 2.24) is 10.7 Å². The van der Waals surface area contributed by atoms with E-state index in [0.717, 1.165) is 0 Å². The van der Waals surface area contributed by atoms with Crippen molar-refractivity contribution in [3.63, 3.8) is 0 Å². The summed E-state index contributed by atoms with van der Waals surface area (Å²) in [4.78, 5) is 9.72. The highest BCUT2D eigenvalue weighted by molar-refractivity contribution is 7.80. The van der Waals surface area contributed by atoms with Crippen LogP contribution < -0.4 is 10.7 Å². The van der Waals surface area contributed by atoms with E-state index in [1.54, 1.807) is 0 Å². The maximum absolute atomic E-state index is 10.3. The van der Waals surface area contributed by atoms with Crippen LogP contribution in [0.4, 0.5) is 5.88 Å². The molecule has 92 valence electrons. The topological polar surface area (TPSA) is 92.7 Å². The Kier molecular flexibility index (Phi) is 4.58. The molecule has 17 heavy (non-hydrogen) atoms. The van der Waals surface area contributed by atoms with Gasteiger partial charge in [0, 0.05) is 6.04 Å². The third-order valence-electron chi connectivity index (χ3n) is 1.57. The zero-order valence-electron chi connectivity index (χ0n) is 9.34. The van der Waals surface area contributed by atoms with Crippen molar-refractivity contribution in [1.29, 1.82) is 0 Å². The van der Waals surface area contributed by atoms with Gasteiger partial charge >= 0.3 is 5.88 Å². The molecule has 1 aromatic rings. The highest BCUT2D eigenvalue weighted by Gasteiger charge is 2.10. The van der Waals surface area contributed by atoms with Crippen LogP contribution in [0.15, 0.2) is 21.7 Å². The lowest BCUT2D eigenvalue weighted by Crippen LogP contribution is -2.36. The van der Waals surface area contributed by atoms with Crippen LogP contribution in [0, 0.1) is 10.1 Å². The summed E-state index contributed by atoms with van der Waals surface area (Å²) in [6.07, 6.45) is 1.31. The number of nitrogens with zero attached hydrogens (tertiary/aromatic N) is 2. The summed E-state index contributed by atoms with van der Waals surface area (Å²) in [7, 11) is 0. The summed E-state index contributed by atoms with van der Waals surface area (Å²) < 4.78 is 4.86. The minimum absolute atomic E-state index is 0.204. The first kappa shape index (κ1) is 13.1. The number of hydrazone groups is 1. The third-order valence-corrected chi connectivity index (χ3v) is 1.78. The molecule has 0 fully saturated rings. The Morgan fingerprint density at radius 3 is 2.88 bits per heavy atom. The van der Waals surface area contributed by atoms with Crippen molar-refractivity contribution in [3.05, 3.63) is 28.0 Å². The van der Waals surface area contributed by atoms with Crippen LogP contribution in [0.5, 0.6) is 0 Å². The van der Waals surface area contributed by atoms with Crippen molar-refractivity contribution < 1.29 is 9.34 Å². The number of hydrogen-bond acceptors (Lipinski definition) is 5. The van der Waals surface area contributed by atoms with Crippen LogP contribution in [0.3, 0.4) is 0 Å². The van der Waals surface area contributed by atoms with E-state index in [1.807, 2.05) is 13.8 Å². The van der Waals surface area contributed by atoms with E-state index in [9.17, 15) is 10.1 Å². The molecule has 0 saturated carbocycles. The molecule has 0 aliphatic carbocycles. The third kappa shape index (κ3) is 4.60. The van der Waals surface area contributed by atoms with E-state index in [0.29, 0.717) is 5.11 Å². The average molecular weight is 256 g/mol. The lowest BCUT2D eigenvalue weighted by Gasteiger charge is -2.08. The number of hydrogen-bond donors (Lipinski definition) is 2. The van der Waals surface area contributed by atoms with Crippen LogP contribution in [-0.4, -0.2) is 22.3 Å².